The number of benzene rings is 1. The van der Waals surface area contributed by atoms with Gasteiger partial charge >= 0.3 is 0 Å². The Morgan fingerprint density at radius 2 is 1.82 bits per heavy atom. The number of halogens is 1. The van der Waals surface area contributed by atoms with Crippen molar-refractivity contribution in [3.63, 3.8) is 0 Å². The third-order valence-electron chi connectivity index (χ3n) is 4.00. The van der Waals surface area contributed by atoms with Gasteiger partial charge in [0, 0.05) is 5.02 Å². The Balaban J connectivity index is 2.12. The summed E-state index contributed by atoms with van der Waals surface area (Å²) in [6.45, 7) is 4.12. The summed E-state index contributed by atoms with van der Waals surface area (Å²) in [5.41, 5.74) is 3.29. The quantitative estimate of drug-likeness (QED) is 0.836. The van der Waals surface area contributed by atoms with E-state index in [2.05, 4.69) is 6.92 Å². The van der Waals surface area contributed by atoms with Crippen molar-refractivity contribution in [3.05, 3.63) is 33.8 Å². The maximum Gasteiger partial charge on any atom is 0.0807 e. The normalized spacial score (nSPS) is 18.6. The fourth-order valence-electron chi connectivity index (χ4n) is 2.75. The van der Waals surface area contributed by atoms with Crippen LogP contribution in [-0.2, 0) is 0 Å². The molecule has 17 heavy (non-hydrogen) atoms. The molecular weight excluding hydrogens is 232 g/mol. The number of hydrogen-bond donors (Lipinski definition) is 1. The lowest BCUT2D eigenvalue weighted by molar-refractivity contribution is 0.145. The first kappa shape index (κ1) is 12.9. The van der Waals surface area contributed by atoms with Crippen LogP contribution in [0.4, 0.5) is 0 Å². The average Bonchev–Trinajstić information content (AvgIpc) is 2.76. The smallest absolute Gasteiger partial charge is 0.0807 e. The standard InChI is InChI=1S/C15H21ClO/c1-10-7-13(14(16)8-11(10)2)15(17)9-12-5-3-4-6-12/h7-8,12,15,17H,3-6,9H2,1-2H3. The van der Waals surface area contributed by atoms with Crippen LogP contribution in [0.3, 0.4) is 0 Å². The highest BCUT2D eigenvalue weighted by Gasteiger charge is 2.21. The first-order valence-corrected chi connectivity index (χ1v) is 6.90. The molecule has 1 aliphatic rings. The van der Waals surface area contributed by atoms with Gasteiger partial charge in [-0.05, 0) is 48.9 Å². The van der Waals surface area contributed by atoms with Crippen molar-refractivity contribution >= 4 is 11.6 Å². The number of aryl methyl sites for hydroxylation is 2. The second-order valence-corrected chi connectivity index (χ2v) is 5.77. The number of hydrogen-bond acceptors (Lipinski definition) is 1. The fraction of sp³-hybridized carbons (Fsp3) is 0.600. The Morgan fingerprint density at radius 3 is 2.47 bits per heavy atom. The van der Waals surface area contributed by atoms with E-state index in [1.165, 1.54) is 36.8 Å². The molecule has 1 nitrogen and oxygen atoms in total. The molecular formula is C15H21ClO. The van der Waals surface area contributed by atoms with E-state index in [-0.39, 0.29) is 0 Å². The Bertz CT molecular complexity index is 394. The first-order chi connectivity index (χ1) is 8.08. The van der Waals surface area contributed by atoms with E-state index in [4.69, 9.17) is 11.6 Å². The highest BCUT2D eigenvalue weighted by molar-refractivity contribution is 6.31. The highest BCUT2D eigenvalue weighted by Crippen LogP contribution is 2.35. The molecule has 2 heteroatoms. The summed E-state index contributed by atoms with van der Waals surface area (Å²) in [6, 6.07) is 4.00. The Labute approximate surface area is 109 Å². The van der Waals surface area contributed by atoms with E-state index in [9.17, 15) is 5.11 Å². The van der Waals surface area contributed by atoms with Crippen molar-refractivity contribution in [3.8, 4) is 0 Å². The lowest BCUT2D eigenvalue weighted by atomic mass is 9.94. The van der Waals surface area contributed by atoms with Gasteiger partial charge in [-0.25, -0.2) is 0 Å². The average molecular weight is 253 g/mol. The lowest BCUT2D eigenvalue weighted by Crippen LogP contribution is -2.05. The number of rotatable bonds is 3. The van der Waals surface area contributed by atoms with Crippen molar-refractivity contribution in [1.82, 2.24) is 0 Å². The largest absolute Gasteiger partial charge is 0.388 e. The summed E-state index contributed by atoms with van der Waals surface area (Å²) >= 11 is 6.22. The zero-order valence-electron chi connectivity index (χ0n) is 10.7. The van der Waals surface area contributed by atoms with Gasteiger partial charge in [0.15, 0.2) is 0 Å². The van der Waals surface area contributed by atoms with Gasteiger partial charge in [0.25, 0.3) is 0 Å². The van der Waals surface area contributed by atoms with Gasteiger partial charge in [-0.3, -0.25) is 0 Å². The summed E-state index contributed by atoms with van der Waals surface area (Å²) in [7, 11) is 0. The summed E-state index contributed by atoms with van der Waals surface area (Å²) in [6.07, 6.45) is 5.63. The van der Waals surface area contributed by atoms with E-state index < -0.39 is 6.10 Å². The minimum absolute atomic E-state index is 0.398. The van der Waals surface area contributed by atoms with Crippen molar-refractivity contribution in [2.24, 2.45) is 5.92 Å². The van der Waals surface area contributed by atoms with Crippen molar-refractivity contribution < 1.29 is 5.11 Å². The van der Waals surface area contributed by atoms with Gasteiger partial charge in [-0.2, -0.15) is 0 Å². The van der Waals surface area contributed by atoms with E-state index >= 15 is 0 Å². The predicted molar refractivity (Wildman–Crippen MR) is 72.5 cm³/mol. The molecule has 94 valence electrons. The molecule has 1 fully saturated rings. The Kier molecular flexibility index (Phi) is 4.11. The lowest BCUT2D eigenvalue weighted by Gasteiger charge is -2.18. The molecule has 0 saturated heterocycles. The molecule has 0 spiro atoms. The molecule has 2 rings (SSSR count). The van der Waals surface area contributed by atoms with Crippen molar-refractivity contribution in [2.75, 3.05) is 0 Å². The molecule has 0 amide bonds. The zero-order chi connectivity index (χ0) is 12.4. The van der Waals surface area contributed by atoms with E-state index in [1.807, 2.05) is 19.1 Å². The molecule has 1 unspecified atom stereocenters. The van der Waals surface area contributed by atoms with Crippen LogP contribution in [-0.4, -0.2) is 5.11 Å². The summed E-state index contributed by atoms with van der Waals surface area (Å²) in [4.78, 5) is 0. The Hall–Kier alpha value is -0.530. The molecule has 1 aromatic carbocycles. The summed E-state index contributed by atoms with van der Waals surface area (Å²) in [5.74, 6) is 0.683. The van der Waals surface area contributed by atoms with Gasteiger partial charge in [-0.1, -0.05) is 43.4 Å². The van der Waals surface area contributed by atoms with Crippen LogP contribution in [0.25, 0.3) is 0 Å². The van der Waals surface area contributed by atoms with E-state index in [0.717, 1.165) is 12.0 Å². The van der Waals surface area contributed by atoms with Crippen molar-refractivity contribution in [2.45, 2.75) is 52.1 Å². The molecule has 0 aliphatic heterocycles. The van der Waals surface area contributed by atoms with Crippen LogP contribution in [0.15, 0.2) is 12.1 Å². The van der Waals surface area contributed by atoms with E-state index in [1.54, 1.807) is 0 Å². The minimum Gasteiger partial charge on any atom is -0.388 e. The first-order valence-electron chi connectivity index (χ1n) is 6.52. The third-order valence-corrected chi connectivity index (χ3v) is 4.33. The van der Waals surface area contributed by atoms with Gasteiger partial charge in [0.2, 0.25) is 0 Å². The fourth-order valence-corrected chi connectivity index (χ4v) is 3.09. The third kappa shape index (κ3) is 3.02. The van der Waals surface area contributed by atoms with Crippen LogP contribution in [0, 0.1) is 19.8 Å². The summed E-state index contributed by atoms with van der Waals surface area (Å²) in [5, 5.41) is 11.0. The number of aliphatic hydroxyl groups excluding tert-OH is 1. The summed E-state index contributed by atoms with van der Waals surface area (Å²) < 4.78 is 0. The highest BCUT2D eigenvalue weighted by atomic mass is 35.5. The van der Waals surface area contributed by atoms with Crippen LogP contribution in [0.2, 0.25) is 5.02 Å². The molecule has 1 aliphatic carbocycles. The Morgan fingerprint density at radius 1 is 1.24 bits per heavy atom. The van der Waals surface area contributed by atoms with E-state index in [0.29, 0.717) is 10.9 Å². The van der Waals surface area contributed by atoms with Crippen LogP contribution >= 0.6 is 11.6 Å². The molecule has 0 radical (unpaired) electrons. The molecule has 0 heterocycles. The van der Waals surface area contributed by atoms with Gasteiger partial charge in [0.1, 0.15) is 0 Å². The minimum atomic E-state index is -0.398. The van der Waals surface area contributed by atoms with Gasteiger partial charge in [-0.15, -0.1) is 0 Å². The van der Waals surface area contributed by atoms with Gasteiger partial charge < -0.3 is 5.11 Å². The number of aliphatic hydroxyl groups is 1. The molecule has 1 saturated carbocycles. The van der Waals surface area contributed by atoms with Crippen LogP contribution < -0.4 is 0 Å². The topological polar surface area (TPSA) is 20.2 Å². The second-order valence-electron chi connectivity index (χ2n) is 5.36. The van der Waals surface area contributed by atoms with Gasteiger partial charge in [0.05, 0.1) is 6.10 Å². The maximum atomic E-state index is 10.3. The molecule has 1 N–H and O–H groups in total. The molecule has 0 aromatic heterocycles. The van der Waals surface area contributed by atoms with Crippen LogP contribution in [0.5, 0.6) is 0 Å². The maximum absolute atomic E-state index is 10.3. The molecule has 1 aromatic rings. The monoisotopic (exact) mass is 252 g/mol. The van der Waals surface area contributed by atoms with Crippen molar-refractivity contribution in [1.29, 1.82) is 0 Å². The van der Waals surface area contributed by atoms with Crippen LogP contribution in [0.1, 0.15) is 54.9 Å². The predicted octanol–water partition coefficient (Wildman–Crippen LogP) is 4.57. The SMILES string of the molecule is Cc1cc(Cl)c(C(O)CC2CCCC2)cc1C. The molecule has 1 atom stereocenters. The molecule has 0 bridgehead atoms. The zero-order valence-corrected chi connectivity index (χ0v) is 11.4. The second kappa shape index (κ2) is 5.41.